The van der Waals surface area contributed by atoms with E-state index in [1.807, 2.05) is 53.4 Å². The minimum atomic E-state index is -0.558. The highest BCUT2D eigenvalue weighted by atomic mass is 16.2. The highest BCUT2D eigenvalue weighted by Gasteiger charge is 2.31. The van der Waals surface area contributed by atoms with Gasteiger partial charge in [0.1, 0.15) is 6.04 Å². The molecule has 2 aromatic carbocycles. The van der Waals surface area contributed by atoms with Crippen LogP contribution in [0.3, 0.4) is 0 Å². The van der Waals surface area contributed by atoms with Gasteiger partial charge < -0.3 is 10.2 Å². The smallest absolute Gasteiger partial charge is 0.251 e. The van der Waals surface area contributed by atoms with Gasteiger partial charge in [-0.3, -0.25) is 9.59 Å². The van der Waals surface area contributed by atoms with Crippen molar-refractivity contribution in [1.29, 1.82) is 0 Å². The van der Waals surface area contributed by atoms with Crippen molar-refractivity contribution in [3.63, 3.8) is 0 Å². The third kappa shape index (κ3) is 5.19. The summed E-state index contributed by atoms with van der Waals surface area (Å²) >= 11 is 0. The molecule has 0 spiro atoms. The second-order valence-corrected chi connectivity index (χ2v) is 7.77. The Morgan fingerprint density at radius 3 is 2.11 bits per heavy atom. The second-order valence-electron chi connectivity index (χ2n) is 7.77. The zero-order valence-corrected chi connectivity index (χ0v) is 16.1. The topological polar surface area (TPSA) is 49.4 Å². The predicted octanol–water partition coefficient (Wildman–Crippen LogP) is 3.53. The number of amides is 2. The molecule has 27 heavy (non-hydrogen) atoms. The lowest BCUT2D eigenvalue weighted by Crippen LogP contribution is -2.53. The fraction of sp³-hybridized carbons (Fsp3) is 0.391. The van der Waals surface area contributed by atoms with E-state index in [4.69, 9.17) is 0 Å². The molecule has 1 N–H and O–H groups in total. The first-order valence-electron chi connectivity index (χ1n) is 9.71. The maximum atomic E-state index is 13.3. The lowest BCUT2D eigenvalue weighted by atomic mass is 9.91. The molecule has 3 rings (SSSR count). The van der Waals surface area contributed by atoms with Gasteiger partial charge in [-0.2, -0.15) is 0 Å². The lowest BCUT2D eigenvalue weighted by molar-refractivity contribution is -0.135. The molecule has 1 fully saturated rings. The molecule has 0 radical (unpaired) electrons. The number of hydrogen-bond donors (Lipinski definition) is 1. The Balaban J connectivity index is 1.78. The van der Waals surface area contributed by atoms with Crippen LogP contribution in [0.15, 0.2) is 60.7 Å². The van der Waals surface area contributed by atoms with Crippen LogP contribution in [0.4, 0.5) is 0 Å². The van der Waals surface area contributed by atoms with E-state index >= 15 is 0 Å². The van der Waals surface area contributed by atoms with E-state index in [1.165, 1.54) is 0 Å². The SMILES string of the molecule is C[C@@H]1C[C@H](C)CN(C(=O)[C@H](Cc2ccccc2)NC(=O)c2ccccc2)C1. The van der Waals surface area contributed by atoms with Gasteiger partial charge in [-0.05, 0) is 36.0 Å². The summed E-state index contributed by atoms with van der Waals surface area (Å²) in [6, 6.07) is 18.4. The molecule has 0 unspecified atom stereocenters. The van der Waals surface area contributed by atoms with Crippen molar-refractivity contribution in [3.8, 4) is 0 Å². The first-order valence-corrected chi connectivity index (χ1v) is 9.71. The number of nitrogens with zero attached hydrogens (tertiary/aromatic N) is 1. The molecule has 3 atom stereocenters. The number of benzene rings is 2. The van der Waals surface area contributed by atoms with Crippen LogP contribution in [0.1, 0.15) is 36.2 Å². The normalized spacial score (nSPS) is 20.7. The summed E-state index contributed by atoms with van der Waals surface area (Å²) in [5.41, 5.74) is 1.62. The third-order valence-corrected chi connectivity index (χ3v) is 5.10. The number of carbonyl (C=O) groups excluding carboxylic acids is 2. The van der Waals surface area contributed by atoms with Gasteiger partial charge in [0.2, 0.25) is 5.91 Å². The molecule has 0 bridgehead atoms. The van der Waals surface area contributed by atoms with Crippen molar-refractivity contribution in [2.45, 2.75) is 32.7 Å². The molecule has 1 aliphatic rings. The maximum absolute atomic E-state index is 13.3. The molecule has 0 aliphatic carbocycles. The van der Waals surface area contributed by atoms with Crippen LogP contribution in [0.5, 0.6) is 0 Å². The molecule has 4 nitrogen and oxygen atoms in total. The van der Waals surface area contributed by atoms with Gasteiger partial charge in [-0.25, -0.2) is 0 Å². The molecule has 2 amide bonds. The number of likely N-dealkylation sites (tertiary alicyclic amines) is 1. The van der Waals surface area contributed by atoms with E-state index in [0.717, 1.165) is 25.1 Å². The number of carbonyl (C=O) groups is 2. The van der Waals surface area contributed by atoms with Crippen molar-refractivity contribution in [1.82, 2.24) is 10.2 Å². The van der Waals surface area contributed by atoms with Gasteiger partial charge in [0.05, 0.1) is 0 Å². The van der Waals surface area contributed by atoms with Crippen LogP contribution in [0, 0.1) is 11.8 Å². The summed E-state index contributed by atoms with van der Waals surface area (Å²) in [7, 11) is 0. The molecule has 0 aromatic heterocycles. The molecule has 4 heteroatoms. The minimum Gasteiger partial charge on any atom is -0.340 e. The Bertz CT molecular complexity index is 750. The molecule has 1 saturated heterocycles. The average Bonchev–Trinajstić information content (AvgIpc) is 2.67. The molecule has 1 aliphatic heterocycles. The van der Waals surface area contributed by atoms with Gasteiger partial charge in [0.15, 0.2) is 0 Å². The van der Waals surface area contributed by atoms with Gasteiger partial charge in [-0.1, -0.05) is 62.4 Å². The van der Waals surface area contributed by atoms with E-state index in [0.29, 0.717) is 23.8 Å². The lowest BCUT2D eigenvalue weighted by Gasteiger charge is -2.37. The third-order valence-electron chi connectivity index (χ3n) is 5.10. The van der Waals surface area contributed by atoms with Gasteiger partial charge >= 0.3 is 0 Å². The molecular weight excluding hydrogens is 336 g/mol. The van der Waals surface area contributed by atoms with Crippen LogP contribution < -0.4 is 5.32 Å². The van der Waals surface area contributed by atoms with E-state index in [-0.39, 0.29) is 11.8 Å². The zero-order chi connectivity index (χ0) is 19.2. The highest BCUT2D eigenvalue weighted by Crippen LogP contribution is 2.22. The summed E-state index contributed by atoms with van der Waals surface area (Å²) in [5, 5.41) is 2.98. The van der Waals surface area contributed by atoms with Crippen molar-refractivity contribution in [2.24, 2.45) is 11.8 Å². The fourth-order valence-corrected chi connectivity index (χ4v) is 3.94. The monoisotopic (exact) mass is 364 g/mol. The Kier molecular flexibility index (Phi) is 6.28. The second kappa shape index (κ2) is 8.85. The average molecular weight is 364 g/mol. The Morgan fingerprint density at radius 1 is 0.963 bits per heavy atom. The molecule has 0 saturated carbocycles. The quantitative estimate of drug-likeness (QED) is 0.882. The first kappa shape index (κ1) is 19.2. The van der Waals surface area contributed by atoms with Crippen molar-refractivity contribution in [2.75, 3.05) is 13.1 Å². The van der Waals surface area contributed by atoms with Crippen molar-refractivity contribution >= 4 is 11.8 Å². The van der Waals surface area contributed by atoms with Crippen LogP contribution >= 0.6 is 0 Å². The van der Waals surface area contributed by atoms with Crippen LogP contribution in [-0.2, 0) is 11.2 Å². The Labute approximate surface area is 161 Å². The standard InChI is InChI=1S/C23H28N2O2/c1-17-13-18(2)16-25(15-17)23(27)21(14-19-9-5-3-6-10-19)24-22(26)20-11-7-4-8-12-20/h3-12,17-18,21H,13-16H2,1-2H3,(H,24,26)/t17-,18+,21-/m0/s1. The molecule has 2 aromatic rings. The predicted molar refractivity (Wildman–Crippen MR) is 107 cm³/mol. The first-order chi connectivity index (χ1) is 13.0. The molecule has 142 valence electrons. The number of hydrogen-bond acceptors (Lipinski definition) is 2. The van der Waals surface area contributed by atoms with E-state index < -0.39 is 6.04 Å². The van der Waals surface area contributed by atoms with Crippen molar-refractivity contribution in [3.05, 3.63) is 71.8 Å². The molecule has 1 heterocycles. The summed E-state index contributed by atoms with van der Waals surface area (Å²) < 4.78 is 0. The maximum Gasteiger partial charge on any atom is 0.251 e. The highest BCUT2D eigenvalue weighted by molar-refractivity contribution is 5.97. The van der Waals surface area contributed by atoms with Crippen LogP contribution in [0.2, 0.25) is 0 Å². The van der Waals surface area contributed by atoms with Crippen LogP contribution in [0.25, 0.3) is 0 Å². The van der Waals surface area contributed by atoms with Gasteiger partial charge in [0, 0.05) is 25.1 Å². The number of nitrogens with one attached hydrogen (secondary N) is 1. The van der Waals surface area contributed by atoms with E-state index in [1.54, 1.807) is 12.1 Å². The number of rotatable bonds is 5. The van der Waals surface area contributed by atoms with Gasteiger partial charge in [0.25, 0.3) is 5.91 Å². The van der Waals surface area contributed by atoms with E-state index in [9.17, 15) is 9.59 Å². The van der Waals surface area contributed by atoms with Crippen molar-refractivity contribution < 1.29 is 9.59 Å². The van der Waals surface area contributed by atoms with E-state index in [2.05, 4.69) is 19.2 Å². The van der Waals surface area contributed by atoms with Gasteiger partial charge in [-0.15, -0.1) is 0 Å². The number of piperidine rings is 1. The minimum absolute atomic E-state index is 0.0153. The Hall–Kier alpha value is -2.62. The summed E-state index contributed by atoms with van der Waals surface area (Å²) in [5.74, 6) is 0.782. The summed E-state index contributed by atoms with van der Waals surface area (Å²) in [6.45, 7) is 5.89. The Morgan fingerprint density at radius 2 is 1.52 bits per heavy atom. The zero-order valence-electron chi connectivity index (χ0n) is 16.1. The summed E-state index contributed by atoms with van der Waals surface area (Å²) in [4.78, 5) is 27.9. The summed E-state index contributed by atoms with van der Waals surface area (Å²) in [6.07, 6.45) is 1.64. The van der Waals surface area contributed by atoms with Crippen LogP contribution in [-0.4, -0.2) is 35.8 Å². The fourth-order valence-electron chi connectivity index (χ4n) is 3.94. The largest absolute Gasteiger partial charge is 0.340 e. The molecular formula is C23H28N2O2.